The standard InChI is InChI=1S/C21H25N3O4S/c1-15-8-9-18(29-15)20(26)22-14-19(25)28-16(2)21(27)24-12-10-23(11-13-24)17-6-4-3-5-7-17/h3-9,16H,10-14H2,1-2H3,(H,22,26). The highest BCUT2D eigenvalue weighted by Crippen LogP contribution is 2.16. The molecular formula is C21H25N3O4S. The molecular weight excluding hydrogens is 390 g/mol. The lowest BCUT2D eigenvalue weighted by atomic mass is 10.2. The molecule has 2 heterocycles. The van der Waals surface area contributed by atoms with Crippen LogP contribution in [-0.2, 0) is 14.3 Å². The van der Waals surface area contributed by atoms with Crippen molar-refractivity contribution in [1.29, 1.82) is 0 Å². The number of hydrogen-bond acceptors (Lipinski definition) is 6. The zero-order valence-corrected chi connectivity index (χ0v) is 17.4. The number of aryl methyl sites for hydroxylation is 1. The quantitative estimate of drug-likeness (QED) is 0.731. The van der Waals surface area contributed by atoms with Crippen molar-refractivity contribution in [2.45, 2.75) is 20.0 Å². The fraction of sp³-hybridized carbons (Fsp3) is 0.381. The molecule has 1 N–H and O–H groups in total. The lowest BCUT2D eigenvalue weighted by Gasteiger charge is -2.37. The maximum Gasteiger partial charge on any atom is 0.326 e. The largest absolute Gasteiger partial charge is 0.451 e. The van der Waals surface area contributed by atoms with E-state index in [0.717, 1.165) is 23.7 Å². The van der Waals surface area contributed by atoms with Gasteiger partial charge in [-0.2, -0.15) is 0 Å². The second kappa shape index (κ2) is 9.56. The molecule has 1 fully saturated rings. The molecule has 1 unspecified atom stereocenters. The third-order valence-corrected chi connectivity index (χ3v) is 5.73. The van der Waals surface area contributed by atoms with Crippen LogP contribution in [0.15, 0.2) is 42.5 Å². The summed E-state index contributed by atoms with van der Waals surface area (Å²) in [4.78, 5) is 42.1. The Balaban J connectivity index is 1.42. The Kier molecular flexibility index (Phi) is 6.87. The molecule has 0 saturated carbocycles. The summed E-state index contributed by atoms with van der Waals surface area (Å²) in [6.45, 7) is 5.81. The van der Waals surface area contributed by atoms with Gasteiger partial charge in [0, 0.05) is 36.7 Å². The van der Waals surface area contributed by atoms with Crippen LogP contribution in [0.4, 0.5) is 5.69 Å². The molecule has 1 aromatic carbocycles. The fourth-order valence-electron chi connectivity index (χ4n) is 3.17. The van der Waals surface area contributed by atoms with Crippen molar-refractivity contribution in [2.75, 3.05) is 37.6 Å². The van der Waals surface area contributed by atoms with E-state index in [1.54, 1.807) is 17.9 Å². The summed E-state index contributed by atoms with van der Waals surface area (Å²) in [5.41, 5.74) is 1.13. The summed E-state index contributed by atoms with van der Waals surface area (Å²) in [5.74, 6) is -1.17. The number of carbonyl (C=O) groups is 3. The summed E-state index contributed by atoms with van der Waals surface area (Å²) >= 11 is 1.35. The molecule has 7 nitrogen and oxygen atoms in total. The predicted octanol–water partition coefficient (Wildman–Crippen LogP) is 2.07. The number of piperazine rings is 1. The van der Waals surface area contributed by atoms with Gasteiger partial charge in [-0.05, 0) is 38.1 Å². The first-order valence-corrected chi connectivity index (χ1v) is 10.4. The van der Waals surface area contributed by atoms with Crippen LogP contribution >= 0.6 is 11.3 Å². The van der Waals surface area contributed by atoms with Gasteiger partial charge in [0.05, 0.1) is 4.88 Å². The van der Waals surface area contributed by atoms with Crippen molar-refractivity contribution in [1.82, 2.24) is 10.2 Å². The fourth-order valence-corrected chi connectivity index (χ4v) is 3.95. The summed E-state index contributed by atoms with van der Waals surface area (Å²) in [5, 5.41) is 2.53. The van der Waals surface area contributed by atoms with E-state index in [-0.39, 0.29) is 18.4 Å². The van der Waals surface area contributed by atoms with Gasteiger partial charge in [0.1, 0.15) is 6.54 Å². The number of esters is 1. The molecule has 0 radical (unpaired) electrons. The first-order valence-electron chi connectivity index (χ1n) is 9.57. The van der Waals surface area contributed by atoms with E-state index in [9.17, 15) is 14.4 Å². The maximum absolute atomic E-state index is 12.6. The van der Waals surface area contributed by atoms with Crippen molar-refractivity contribution in [3.8, 4) is 0 Å². The minimum Gasteiger partial charge on any atom is -0.451 e. The van der Waals surface area contributed by atoms with E-state index in [2.05, 4.69) is 10.2 Å². The number of rotatable bonds is 6. The van der Waals surface area contributed by atoms with Crippen molar-refractivity contribution >= 4 is 34.8 Å². The van der Waals surface area contributed by atoms with Crippen LogP contribution in [0.5, 0.6) is 0 Å². The molecule has 2 aromatic rings. The molecule has 154 valence electrons. The first-order chi connectivity index (χ1) is 13.9. The van der Waals surface area contributed by atoms with Crippen LogP contribution in [0.25, 0.3) is 0 Å². The SMILES string of the molecule is Cc1ccc(C(=O)NCC(=O)OC(C)C(=O)N2CCN(c3ccccc3)CC2)s1. The van der Waals surface area contributed by atoms with Crippen LogP contribution in [0.1, 0.15) is 21.5 Å². The summed E-state index contributed by atoms with van der Waals surface area (Å²) in [6.07, 6.45) is -0.883. The Morgan fingerprint density at radius 1 is 1.07 bits per heavy atom. The summed E-state index contributed by atoms with van der Waals surface area (Å²) < 4.78 is 5.21. The molecule has 1 aromatic heterocycles. The molecule has 3 rings (SSSR count). The highest BCUT2D eigenvalue weighted by atomic mass is 32.1. The molecule has 29 heavy (non-hydrogen) atoms. The van der Waals surface area contributed by atoms with Crippen LogP contribution < -0.4 is 10.2 Å². The van der Waals surface area contributed by atoms with Gasteiger partial charge in [-0.15, -0.1) is 11.3 Å². The molecule has 0 spiro atoms. The summed E-state index contributed by atoms with van der Waals surface area (Å²) in [6, 6.07) is 13.6. The minimum absolute atomic E-state index is 0.216. The molecule has 1 saturated heterocycles. The zero-order valence-electron chi connectivity index (χ0n) is 16.6. The van der Waals surface area contributed by atoms with E-state index in [1.165, 1.54) is 11.3 Å². The molecule has 2 amide bonds. The van der Waals surface area contributed by atoms with Gasteiger partial charge >= 0.3 is 5.97 Å². The number of anilines is 1. The second-order valence-electron chi connectivity index (χ2n) is 6.87. The number of nitrogens with zero attached hydrogens (tertiary/aromatic N) is 2. The highest BCUT2D eigenvalue weighted by molar-refractivity contribution is 7.13. The van der Waals surface area contributed by atoms with Gasteiger partial charge in [0.2, 0.25) is 0 Å². The number of carbonyl (C=O) groups excluding carboxylic acids is 3. The maximum atomic E-state index is 12.6. The minimum atomic E-state index is -0.883. The Morgan fingerprint density at radius 2 is 1.76 bits per heavy atom. The molecule has 0 aliphatic carbocycles. The van der Waals surface area contributed by atoms with Gasteiger partial charge < -0.3 is 19.9 Å². The number of benzene rings is 1. The Morgan fingerprint density at radius 3 is 2.38 bits per heavy atom. The van der Waals surface area contributed by atoms with E-state index in [4.69, 9.17) is 4.74 Å². The van der Waals surface area contributed by atoms with Gasteiger partial charge in [-0.3, -0.25) is 14.4 Å². The Labute approximate surface area is 174 Å². The van der Waals surface area contributed by atoms with Gasteiger partial charge in [0.25, 0.3) is 11.8 Å². The number of hydrogen-bond donors (Lipinski definition) is 1. The Hall–Kier alpha value is -2.87. The number of amides is 2. The smallest absolute Gasteiger partial charge is 0.326 e. The van der Waals surface area contributed by atoms with Gasteiger partial charge in [-0.1, -0.05) is 18.2 Å². The zero-order chi connectivity index (χ0) is 20.8. The average Bonchev–Trinajstić information content (AvgIpc) is 3.18. The monoisotopic (exact) mass is 415 g/mol. The van der Waals surface area contributed by atoms with Crippen LogP contribution in [0.2, 0.25) is 0 Å². The van der Waals surface area contributed by atoms with Crippen molar-refractivity contribution in [2.24, 2.45) is 0 Å². The normalized spacial score (nSPS) is 15.0. The van der Waals surface area contributed by atoms with Gasteiger partial charge in [-0.25, -0.2) is 0 Å². The highest BCUT2D eigenvalue weighted by Gasteiger charge is 2.27. The van der Waals surface area contributed by atoms with Gasteiger partial charge in [0.15, 0.2) is 6.10 Å². The van der Waals surface area contributed by atoms with E-state index >= 15 is 0 Å². The number of ether oxygens (including phenoxy) is 1. The Bertz CT molecular complexity index is 860. The summed E-state index contributed by atoms with van der Waals surface area (Å²) in [7, 11) is 0. The lowest BCUT2D eigenvalue weighted by Crippen LogP contribution is -2.52. The van der Waals surface area contributed by atoms with Crippen molar-refractivity contribution in [3.05, 3.63) is 52.2 Å². The van der Waals surface area contributed by atoms with E-state index < -0.39 is 12.1 Å². The number of nitrogens with one attached hydrogen (secondary N) is 1. The topological polar surface area (TPSA) is 78.9 Å². The molecule has 8 heteroatoms. The molecule has 1 aliphatic rings. The molecule has 1 atom stereocenters. The molecule has 1 aliphatic heterocycles. The van der Waals surface area contributed by atoms with Crippen LogP contribution in [-0.4, -0.2) is 61.5 Å². The molecule has 0 bridgehead atoms. The lowest BCUT2D eigenvalue weighted by molar-refractivity contribution is -0.158. The van der Waals surface area contributed by atoms with E-state index in [1.807, 2.05) is 43.3 Å². The van der Waals surface area contributed by atoms with E-state index in [0.29, 0.717) is 18.0 Å². The second-order valence-corrected chi connectivity index (χ2v) is 8.16. The third kappa shape index (κ3) is 5.57. The average molecular weight is 416 g/mol. The first kappa shape index (κ1) is 20.9. The number of thiophene rings is 1. The van der Waals surface area contributed by atoms with Crippen LogP contribution in [0.3, 0.4) is 0 Å². The van der Waals surface area contributed by atoms with Crippen molar-refractivity contribution < 1.29 is 19.1 Å². The van der Waals surface area contributed by atoms with Crippen LogP contribution in [0, 0.1) is 6.92 Å². The predicted molar refractivity (Wildman–Crippen MR) is 112 cm³/mol. The van der Waals surface area contributed by atoms with Crippen molar-refractivity contribution in [3.63, 3.8) is 0 Å². The third-order valence-electron chi connectivity index (χ3n) is 4.73. The number of para-hydroxylation sites is 1.